The molecule has 0 radical (unpaired) electrons. The first kappa shape index (κ1) is 26.0. The van der Waals surface area contributed by atoms with Gasteiger partial charge in [-0.2, -0.15) is 0 Å². The predicted molar refractivity (Wildman–Crippen MR) is 135 cm³/mol. The minimum Gasteiger partial charge on any atom is -0.482 e. The molecule has 6 N–H and O–H groups in total. The molecule has 0 bridgehead atoms. The summed E-state index contributed by atoms with van der Waals surface area (Å²) in [4.78, 5) is 23.2. The van der Waals surface area contributed by atoms with E-state index in [0.29, 0.717) is 21.3 Å². The SMILES string of the molecule is CN1CCCC1.NC(=O)COc1ccc2ccccc2c1N.NSc1sc(Cl)cc1C=O. The number of anilines is 1. The maximum absolute atomic E-state index is 10.6. The second-order valence-corrected chi connectivity index (χ2v) is 9.58. The lowest BCUT2D eigenvalue weighted by Gasteiger charge is -2.09. The van der Waals surface area contributed by atoms with Gasteiger partial charge in [-0.1, -0.05) is 41.9 Å². The largest absolute Gasteiger partial charge is 0.482 e. The maximum Gasteiger partial charge on any atom is 0.255 e. The van der Waals surface area contributed by atoms with E-state index in [1.807, 2.05) is 30.3 Å². The molecule has 2 heterocycles. The third-order valence-electron chi connectivity index (χ3n) is 4.56. The van der Waals surface area contributed by atoms with Crippen LogP contribution in [0.5, 0.6) is 5.75 Å². The van der Waals surface area contributed by atoms with Crippen molar-refractivity contribution >= 4 is 63.5 Å². The van der Waals surface area contributed by atoms with Crippen molar-refractivity contribution in [2.45, 2.75) is 17.1 Å². The number of nitrogens with zero attached hydrogens (tertiary/aromatic N) is 1. The molecule has 0 atom stereocenters. The number of primary amides is 1. The van der Waals surface area contributed by atoms with Crippen LogP contribution in [-0.4, -0.2) is 43.8 Å². The maximum atomic E-state index is 10.6. The van der Waals surface area contributed by atoms with Crippen LogP contribution in [0.4, 0.5) is 5.69 Å². The van der Waals surface area contributed by atoms with Gasteiger partial charge in [0.15, 0.2) is 12.9 Å². The van der Waals surface area contributed by atoms with E-state index in [4.69, 9.17) is 32.9 Å². The molecule has 7 nitrogen and oxygen atoms in total. The lowest BCUT2D eigenvalue weighted by atomic mass is 10.1. The Balaban J connectivity index is 0.000000192. The van der Waals surface area contributed by atoms with Gasteiger partial charge in [0.1, 0.15) is 5.75 Å². The first-order valence-corrected chi connectivity index (χ1v) is 11.9. The van der Waals surface area contributed by atoms with Crippen molar-refractivity contribution < 1.29 is 14.3 Å². The highest BCUT2D eigenvalue weighted by molar-refractivity contribution is 7.99. The summed E-state index contributed by atoms with van der Waals surface area (Å²) in [5.41, 5.74) is 12.0. The van der Waals surface area contributed by atoms with Crippen molar-refractivity contribution in [2.75, 3.05) is 32.5 Å². The Morgan fingerprint density at radius 2 is 1.94 bits per heavy atom. The van der Waals surface area contributed by atoms with Gasteiger partial charge < -0.3 is 21.1 Å². The van der Waals surface area contributed by atoms with Crippen molar-refractivity contribution in [1.82, 2.24) is 4.90 Å². The average Bonchev–Trinajstić information content (AvgIpc) is 3.42. The minimum atomic E-state index is -0.521. The molecule has 3 aromatic rings. The Morgan fingerprint density at radius 1 is 1.25 bits per heavy atom. The van der Waals surface area contributed by atoms with E-state index in [0.717, 1.165) is 33.2 Å². The molecule has 0 unspecified atom stereocenters. The molecule has 1 aliphatic heterocycles. The summed E-state index contributed by atoms with van der Waals surface area (Å²) in [6.45, 7) is 2.47. The molecular formula is C22H27ClN4O3S2. The third kappa shape index (κ3) is 7.99. The number of fused-ring (bicyclic) bond motifs is 1. The molecule has 0 spiro atoms. The fraction of sp³-hybridized carbons (Fsp3) is 0.273. The molecule has 172 valence electrons. The van der Waals surface area contributed by atoms with Crippen molar-refractivity contribution in [1.29, 1.82) is 0 Å². The number of likely N-dealkylation sites (tertiary alicyclic amines) is 1. The smallest absolute Gasteiger partial charge is 0.255 e. The molecular weight excluding hydrogens is 468 g/mol. The number of aldehydes is 1. The van der Waals surface area contributed by atoms with Crippen LogP contribution in [0.1, 0.15) is 23.2 Å². The molecule has 1 amide bonds. The number of benzene rings is 2. The lowest BCUT2D eigenvalue weighted by Crippen LogP contribution is -2.20. The predicted octanol–water partition coefficient (Wildman–Crippen LogP) is 4.18. The average molecular weight is 495 g/mol. The van der Waals surface area contributed by atoms with Crippen LogP contribution in [0.15, 0.2) is 46.7 Å². The van der Waals surface area contributed by atoms with E-state index >= 15 is 0 Å². The fourth-order valence-corrected chi connectivity index (χ4v) is 4.74. The van der Waals surface area contributed by atoms with Crippen molar-refractivity contribution in [3.63, 3.8) is 0 Å². The zero-order valence-electron chi connectivity index (χ0n) is 17.8. The molecule has 0 saturated carbocycles. The van der Waals surface area contributed by atoms with Gasteiger partial charge in [0, 0.05) is 10.9 Å². The van der Waals surface area contributed by atoms with Gasteiger partial charge in [-0.15, -0.1) is 11.3 Å². The second kappa shape index (κ2) is 13.3. The van der Waals surface area contributed by atoms with E-state index in [9.17, 15) is 9.59 Å². The Bertz CT molecular complexity index is 1040. The fourth-order valence-electron chi connectivity index (χ4n) is 2.96. The quantitative estimate of drug-likeness (QED) is 0.276. The molecule has 1 saturated heterocycles. The number of thiophene rings is 1. The topological polar surface area (TPSA) is 125 Å². The van der Waals surface area contributed by atoms with E-state index in [1.165, 1.54) is 37.3 Å². The highest BCUT2D eigenvalue weighted by Gasteiger charge is 2.06. The highest BCUT2D eigenvalue weighted by atomic mass is 35.5. The Morgan fingerprint density at radius 3 is 2.47 bits per heavy atom. The first-order valence-electron chi connectivity index (χ1n) is 9.83. The minimum absolute atomic E-state index is 0.164. The summed E-state index contributed by atoms with van der Waals surface area (Å²) < 4.78 is 6.56. The van der Waals surface area contributed by atoms with Crippen molar-refractivity contribution in [2.24, 2.45) is 10.9 Å². The number of carbonyl (C=O) groups is 2. The Hall–Kier alpha value is -2.30. The Kier molecular flexibility index (Phi) is 10.8. The molecule has 1 aliphatic rings. The van der Waals surface area contributed by atoms with E-state index in [-0.39, 0.29) is 6.61 Å². The van der Waals surface area contributed by atoms with Gasteiger partial charge in [-0.25, -0.2) is 0 Å². The van der Waals surface area contributed by atoms with Crippen LogP contribution in [0, 0.1) is 0 Å². The summed E-state index contributed by atoms with van der Waals surface area (Å²) in [5.74, 6) is -0.0370. The van der Waals surface area contributed by atoms with Crippen molar-refractivity contribution in [3.8, 4) is 5.75 Å². The number of hydrogen-bond donors (Lipinski definition) is 3. The number of rotatable bonds is 5. The monoisotopic (exact) mass is 494 g/mol. The summed E-state index contributed by atoms with van der Waals surface area (Å²) in [5, 5.41) is 7.19. The zero-order valence-corrected chi connectivity index (χ0v) is 20.1. The van der Waals surface area contributed by atoms with Crippen LogP contribution < -0.4 is 21.3 Å². The Labute approximate surface area is 201 Å². The van der Waals surface area contributed by atoms with Gasteiger partial charge in [-0.3, -0.25) is 14.7 Å². The molecule has 1 fully saturated rings. The molecule has 0 aliphatic carbocycles. The van der Waals surface area contributed by atoms with E-state index in [1.54, 1.807) is 12.1 Å². The number of nitrogen functional groups attached to an aromatic ring is 1. The molecule has 2 aromatic carbocycles. The van der Waals surface area contributed by atoms with Gasteiger partial charge in [-0.05, 0) is 62.4 Å². The lowest BCUT2D eigenvalue weighted by molar-refractivity contribution is -0.119. The number of carbonyl (C=O) groups excluding carboxylic acids is 2. The van der Waals surface area contributed by atoms with Crippen LogP contribution in [0.3, 0.4) is 0 Å². The van der Waals surface area contributed by atoms with E-state index in [2.05, 4.69) is 11.9 Å². The van der Waals surface area contributed by atoms with E-state index < -0.39 is 5.91 Å². The highest BCUT2D eigenvalue weighted by Crippen LogP contribution is 2.31. The van der Waals surface area contributed by atoms with Gasteiger partial charge in [0.05, 0.1) is 14.2 Å². The summed E-state index contributed by atoms with van der Waals surface area (Å²) in [6, 6.07) is 12.9. The summed E-state index contributed by atoms with van der Waals surface area (Å²) in [7, 11) is 2.17. The molecule has 1 aromatic heterocycles. The van der Waals surface area contributed by atoms with Crippen molar-refractivity contribution in [3.05, 3.63) is 52.4 Å². The molecule has 32 heavy (non-hydrogen) atoms. The molecule has 10 heteroatoms. The number of nitrogens with two attached hydrogens (primary N) is 3. The second-order valence-electron chi connectivity index (χ2n) is 6.99. The first-order chi connectivity index (χ1) is 15.3. The standard InChI is InChI=1S/C12H12N2O2.C5H4ClNOS2.C5H11N/c13-11(15)7-16-10-6-5-8-3-1-2-4-9(8)12(10)14;6-4-1-3(2-8)5(9-4)10-7;1-6-4-2-3-5-6/h1-6H,7,14H2,(H2,13,15);1-2H,7H2;2-5H2,1H3. The normalized spacial score (nSPS) is 13.0. The third-order valence-corrected chi connectivity index (χ3v) is 6.62. The summed E-state index contributed by atoms with van der Waals surface area (Å²) >= 11 is 7.97. The van der Waals surface area contributed by atoms with Gasteiger partial charge in [0.2, 0.25) is 0 Å². The van der Waals surface area contributed by atoms with Gasteiger partial charge in [0.25, 0.3) is 5.91 Å². The summed E-state index contributed by atoms with van der Waals surface area (Å²) in [6.07, 6.45) is 3.57. The van der Waals surface area contributed by atoms with Crippen LogP contribution in [0.25, 0.3) is 10.8 Å². The zero-order chi connectivity index (χ0) is 23.5. The number of hydrogen-bond acceptors (Lipinski definition) is 8. The van der Waals surface area contributed by atoms with Gasteiger partial charge >= 0.3 is 0 Å². The van der Waals surface area contributed by atoms with Crippen LogP contribution in [0.2, 0.25) is 4.34 Å². The number of ether oxygens (including phenoxy) is 1. The molecule has 4 rings (SSSR count). The number of halogens is 1. The van der Waals surface area contributed by atoms with Crippen LogP contribution >= 0.6 is 34.9 Å². The number of amides is 1. The van der Waals surface area contributed by atoms with Crippen LogP contribution in [-0.2, 0) is 4.79 Å².